The monoisotopic (exact) mass is 464 g/mol. The number of hydrogen-bond donors (Lipinski definition) is 0. The summed E-state index contributed by atoms with van der Waals surface area (Å²) in [6, 6.07) is 18.6. The van der Waals surface area contributed by atoms with Crippen molar-refractivity contribution in [1.82, 2.24) is 14.1 Å². The molecule has 1 aliphatic rings. The highest BCUT2D eigenvalue weighted by molar-refractivity contribution is 7.89. The zero-order valence-corrected chi connectivity index (χ0v) is 19.0. The molecular weight excluding hydrogens is 440 g/mol. The van der Waals surface area contributed by atoms with Crippen molar-refractivity contribution >= 4 is 16.0 Å². The minimum Gasteiger partial charge on any atom is -0.458 e. The Kier molecular flexibility index (Phi) is 6.58. The van der Waals surface area contributed by atoms with Crippen LogP contribution >= 0.6 is 0 Å². The third-order valence-electron chi connectivity index (χ3n) is 5.70. The van der Waals surface area contributed by atoms with Gasteiger partial charge < -0.3 is 4.74 Å². The van der Waals surface area contributed by atoms with Gasteiger partial charge in [-0.25, -0.2) is 13.1 Å². The zero-order chi connectivity index (χ0) is 23.4. The van der Waals surface area contributed by atoms with Crippen LogP contribution in [0.25, 0.3) is 5.69 Å². The van der Waals surface area contributed by atoms with Crippen LogP contribution in [0.1, 0.15) is 36.2 Å². The predicted octanol–water partition coefficient (Wildman–Crippen LogP) is 3.34. The number of esters is 1. The Morgan fingerprint density at radius 2 is 1.79 bits per heavy atom. The summed E-state index contributed by atoms with van der Waals surface area (Å²) >= 11 is 0. The molecule has 8 nitrogen and oxygen atoms in total. The molecule has 0 N–H and O–H groups in total. The Balaban J connectivity index is 1.58. The highest BCUT2D eigenvalue weighted by Gasteiger charge is 2.38. The van der Waals surface area contributed by atoms with Gasteiger partial charge in [-0.15, -0.1) is 0 Å². The summed E-state index contributed by atoms with van der Waals surface area (Å²) in [5, 5.41) is 14.0. The largest absolute Gasteiger partial charge is 0.458 e. The molecule has 1 aromatic heterocycles. The number of benzene rings is 2. The fourth-order valence-corrected chi connectivity index (χ4v) is 5.70. The molecule has 1 fully saturated rings. The van der Waals surface area contributed by atoms with E-state index in [-0.39, 0.29) is 18.0 Å². The molecule has 0 spiro atoms. The van der Waals surface area contributed by atoms with Gasteiger partial charge in [0.15, 0.2) is 0 Å². The van der Waals surface area contributed by atoms with E-state index in [1.165, 1.54) is 16.4 Å². The van der Waals surface area contributed by atoms with Crippen LogP contribution in [0, 0.1) is 18.3 Å². The van der Waals surface area contributed by atoms with E-state index in [2.05, 4.69) is 11.2 Å². The number of aryl methyl sites for hydroxylation is 1. The number of hydrogen-bond acceptors (Lipinski definition) is 6. The Hall–Kier alpha value is -3.48. The van der Waals surface area contributed by atoms with Gasteiger partial charge in [0.25, 0.3) is 0 Å². The third-order valence-corrected chi connectivity index (χ3v) is 7.62. The first-order valence-corrected chi connectivity index (χ1v) is 12.1. The molecule has 1 atom stereocenters. The van der Waals surface area contributed by atoms with E-state index in [4.69, 9.17) is 4.74 Å². The fourth-order valence-electron chi connectivity index (χ4n) is 4.03. The highest BCUT2D eigenvalue weighted by Crippen LogP contribution is 2.27. The average Bonchev–Trinajstić information content (AvgIpc) is 3.18. The SMILES string of the molecule is Cc1nn(-c2ccccc2)c(COC(=O)C2CCCCN2S(=O)(=O)c2ccccc2)c1C#N. The van der Waals surface area contributed by atoms with Gasteiger partial charge in [-0.2, -0.15) is 14.7 Å². The molecule has 0 aliphatic carbocycles. The second kappa shape index (κ2) is 9.57. The van der Waals surface area contributed by atoms with Crippen molar-refractivity contribution in [1.29, 1.82) is 5.26 Å². The summed E-state index contributed by atoms with van der Waals surface area (Å²) in [4.78, 5) is 13.2. The minimum atomic E-state index is -3.84. The van der Waals surface area contributed by atoms with Crippen LogP contribution in [0.4, 0.5) is 0 Å². The maximum absolute atomic E-state index is 13.2. The zero-order valence-electron chi connectivity index (χ0n) is 18.2. The highest BCUT2D eigenvalue weighted by atomic mass is 32.2. The number of aromatic nitrogens is 2. The van der Waals surface area contributed by atoms with Crippen molar-refractivity contribution in [2.75, 3.05) is 6.54 Å². The molecule has 0 amide bonds. The van der Waals surface area contributed by atoms with Gasteiger partial charge in [-0.3, -0.25) is 4.79 Å². The summed E-state index contributed by atoms with van der Waals surface area (Å²) in [5.74, 6) is -0.628. The summed E-state index contributed by atoms with van der Waals surface area (Å²) in [7, 11) is -3.84. The van der Waals surface area contributed by atoms with Gasteiger partial charge in [0.1, 0.15) is 24.3 Å². The maximum atomic E-state index is 13.2. The number of ether oxygens (including phenoxy) is 1. The van der Waals surface area contributed by atoms with E-state index in [0.717, 1.165) is 12.1 Å². The normalized spacial score (nSPS) is 16.8. The molecule has 2 heterocycles. The first-order valence-electron chi connectivity index (χ1n) is 10.7. The van der Waals surface area contributed by atoms with E-state index in [0.29, 0.717) is 29.8 Å². The summed E-state index contributed by atoms with van der Waals surface area (Å²) < 4.78 is 34.8. The van der Waals surface area contributed by atoms with Gasteiger partial charge in [0.2, 0.25) is 10.0 Å². The molecule has 0 saturated carbocycles. The van der Waals surface area contributed by atoms with Gasteiger partial charge in [0, 0.05) is 6.54 Å². The molecule has 0 bridgehead atoms. The predicted molar refractivity (Wildman–Crippen MR) is 121 cm³/mol. The van der Waals surface area contributed by atoms with E-state index in [1.54, 1.807) is 29.8 Å². The first-order chi connectivity index (χ1) is 15.9. The number of nitrogens with zero attached hydrogens (tertiary/aromatic N) is 4. The van der Waals surface area contributed by atoms with E-state index in [1.807, 2.05) is 30.3 Å². The Morgan fingerprint density at radius 3 is 2.45 bits per heavy atom. The number of piperidine rings is 1. The van der Waals surface area contributed by atoms with E-state index < -0.39 is 22.0 Å². The Morgan fingerprint density at radius 1 is 1.12 bits per heavy atom. The lowest BCUT2D eigenvalue weighted by atomic mass is 10.1. The second-order valence-corrected chi connectivity index (χ2v) is 9.70. The van der Waals surface area contributed by atoms with Crippen LogP contribution in [0.3, 0.4) is 0 Å². The standard InChI is InChI=1S/C24H24N4O4S/c1-18-21(16-25)23(28(26-18)19-10-4-2-5-11-19)17-32-24(29)22-14-8-9-15-27(22)33(30,31)20-12-6-3-7-13-20/h2-7,10-13,22H,8-9,14-15,17H2,1H3. The lowest BCUT2D eigenvalue weighted by Gasteiger charge is -2.33. The smallest absolute Gasteiger partial charge is 0.324 e. The number of carbonyl (C=O) groups is 1. The average molecular weight is 465 g/mol. The number of nitriles is 1. The molecule has 1 aliphatic heterocycles. The van der Waals surface area contributed by atoms with Crippen LogP contribution in [-0.2, 0) is 26.2 Å². The van der Waals surface area contributed by atoms with Gasteiger partial charge in [-0.05, 0) is 50.5 Å². The van der Waals surface area contributed by atoms with Crippen LogP contribution in [0.5, 0.6) is 0 Å². The van der Waals surface area contributed by atoms with Crippen molar-refractivity contribution in [3.63, 3.8) is 0 Å². The molecule has 3 aromatic rings. The molecule has 0 radical (unpaired) electrons. The summed E-state index contributed by atoms with van der Waals surface area (Å²) in [5.41, 5.74) is 2.05. The fraction of sp³-hybridized carbons (Fsp3) is 0.292. The molecule has 33 heavy (non-hydrogen) atoms. The Bertz CT molecular complexity index is 1280. The van der Waals surface area contributed by atoms with Crippen molar-refractivity contribution in [3.05, 3.63) is 77.6 Å². The second-order valence-electron chi connectivity index (χ2n) is 7.81. The quantitative estimate of drug-likeness (QED) is 0.518. The van der Waals surface area contributed by atoms with Crippen LogP contribution in [0.2, 0.25) is 0 Å². The van der Waals surface area contributed by atoms with Crippen molar-refractivity contribution in [3.8, 4) is 11.8 Å². The molecule has 1 unspecified atom stereocenters. The van der Waals surface area contributed by atoms with E-state index in [9.17, 15) is 18.5 Å². The van der Waals surface area contributed by atoms with E-state index >= 15 is 0 Å². The lowest BCUT2D eigenvalue weighted by Crippen LogP contribution is -2.48. The van der Waals surface area contributed by atoms with Crippen molar-refractivity contribution < 1.29 is 17.9 Å². The Labute approximate surface area is 193 Å². The van der Waals surface area contributed by atoms with Crippen LogP contribution < -0.4 is 0 Å². The third kappa shape index (κ3) is 4.53. The van der Waals surface area contributed by atoms with Gasteiger partial charge in [-0.1, -0.05) is 36.4 Å². The molecular formula is C24H24N4O4S. The number of sulfonamides is 1. The van der Waals surface area contributed by atoms with Gasteiger partial charge in [0.05, 0.1) is 22.0 Å². The number of rotatable bonds is 6. The van der Waals surface area contributed by atoms with Gasteiger partial charge >= 0.3 is 5.97 Å². The molecule has 9 heteroatoms. The molecule has 2 aromatic carbocycles. The molecule has 1 saturated heterocycles. The molecule has 4 rings (SSSR count). The van der Waals surface area contributed by atoms with Crippen LogP contribution in [0.15, 0.2) is 65.6 Å². The molecule has 170 valence electrons. The number of carbonyl (C=O) groups excluding carboxylic acids is 1. The minimum absolute atomic E-state index is 0.147. The van der Waals surface area contributed by atoms with Crippen molar-refractivity contribution in [2.24, 2.45) is 0 Å². The lowest BCUT2D eigenvalue weighted by molar-refractivity contribution is -0.150. The summed E-state index contributed by atoms with van der Waals surface area (Å²) in [6.07, 6.45) is 1.78. The topological polar surface area (TPSA) is 105 Å². The summed E-state index contributed by atoms with van der Waals surface area (Å²) in [6.45, 7) is 1.79. The van der Waals surface area contributed by atoms with Crippen molar-refractivity contribution in [2.45, 2.75) is 43.7 Å². The maximum Gasteiger partial charge on any atom is 0.324 e. The van der Waals surface area contributed by atoms with Crippen LogP contribution in [-0.4, -0.2) is 41.1 Å². The number of para-hydroxylation sites is 1. The first kappa shape index (κ1) is 22.7.